The van der Waals surface area contributed by atoms with Crippen LogP contribution in [0.1, 0.15) is 31.4 Å². The Morgan fingerprint density at radius 1 is 1.08 bits per heavy atom. The summed E-state index contributed by atoms with van der Waals surface area (Å²) in [5.74, 6) is 0.507. The van der Waals surface area contributed by atoms with Gasteiger partial charge in [0.15, 0.2) is 0 Å². The van der Waals surface area contributed by atoms with Crippen LogP contribution in [-0.2, 0) is 11.3 Å². The fourth-order valence-electron chi connectivity index (χ4n) is 4.34. The molecule has 1 aromatic carbocycles. The number of rotatable bonds is 9. The van der Waals surface area contributed by atoms with E-state index >= 15 is 0 Å². The Labute approximate surface area is 224 Å². The number of ether oxygens (including phenoxy) is 1. The lowest BCUT2D eigenvalue weighted by Crippen LogP contribution is -2.33. The molecule has 2 aliphatic rings. The smallest absolute Gasteiger partial charge is 0.257 e. The second-order valence-corrected chi connectivity index (χ2v) is 11.0. The zero-order valence-electron chi connectivity index (χ0n) is 20.4. The number of benzene rings is 1. The van der Waals surface area contributed by atoms with E-state index in [2.05, 4.69) is 20.5 Å². The van der Waals surface area contributed by atoms with Gasteiger partial charge in [-0.1, -0.05) is 17.7 Å². The van der Waals surface area contributed by atoms with Gasteiger partial charge in [-0.3, -0.25) is 19.1 Å². The standard InChI is InChI=1S/C26H29ClN6O3S/c27-24-10-9-23(37-24)26(35)28-16-19-17-33(30-29-19)21-6-4-20(5-7-21)32-18-22(8-11-25(32)34)36-15-14-31-12-2-1-3-13-31/h4-9,11,17-18,24H,1-3,10,12-16H2,(H,28,35). The molecule has 0 radical (unpaired) electrons. The number of nitrogens with zero attached hydrogens (tertiary/aromatic N) is 5. The summed E-state index contributed by atoms with van der Waals surface area (Å²) in [7, 11) is 0. The van der Waals surface area contributed by atoms with E-state index in [4.69, 9.17) is 16.3 Å². The van der Waals surface area contributed by atoms with Crippen molar-refractivity contribution in [2.45, 2.75) is 36.9 Å². The van der Waals surface area contributed by atoms with E-state index in [0.29, 0.717) is 29.4 Å². The van der Waals surface area contributed by atoms with Crippen molar-refractivity contribution < 1.29 is 9.53 Å². The van der Waals surface area contributed by atoms with Crippen LogP contribution in [0.2, 0.25) is 0 Å². The summed E-state index contributed by atoms with van der Waals surface area (Å²) < 4.78 is 9.06. The normalized spacial score (nSPS) is 18.0. The molecular weight excluding hydrogens is 512 g/mol. The van der Waals surface area contributed by atoms with Crippen molar-refractivity contribution in [2.24, 2.45) is 0 Å². The number of carbonyl (C=O) groups is 1. The minimum Gasteiger partial charge on any atom is -0.491 e. The van der Waals surface area contributed by atoms with Crippen LogP contribution in [-0.4, -0.2) is 61.3 Å². The summed E-state index contributed by atoms with van der Waals surface area (Å²) in [5.41, 5.74) is 2.01. The Bertz CT molecular complexity index is 1320. The quantitative estimate of drug-likeness (QED) is 0.415. The first-order valence-electron chi connectivity index (χ1n) is 12.4. The van der Waals surface area contributed by atoms with E-state index in [1.165, 1.54) is 37.1 Å². The minimum atomic E-state index is -0.157. The van der Waals surface area contributed by atoms with Crippen LogP contribution in [0.15, 0.2) is 64.6 Å². The number of hydrogen-bond donors (Lipinski definition) is 1. The van der Waals surface area contributed by atoms with Crippen molar-refractivity contribution in [2.75, 3.05) is 26.2 Å². The number of piperidine rings is 1. The summed E-state index contributed by atoms with van der Waals surface area (Å²) in [6.07, 6.45) is 9.83. The van der Waals surface area contributed by atoms with Crippen molar-refractivity contribution in [3.8, 4) is 17.1 Å². The molecule has 0 aliphatic carbocycles. The van der Waals surface area contributed by atoms with Crippen LogP contribution in [0, 0.1) is 0 Å². The van der Waals surface area contributed by atoms with Gasteiger partial charge < -0.3 is 10.1 Å². The number of carbonyl (C=O) groups excluding carboxylic acids is 1. The van der Waals surface area contributed by atoms with E-state index in [0.717, 1.165) is 31.0 Å². The van der Waals surface area contributed by atoms with E-state index < -0.39 is 0 Å². The molecule has 0 saturated carbocycles. The second-order valence-electron chi connectivity index (χ2n) is 9.01. The molecule has 1 unspecified atom stereocenters. The van der Waals surface area contributed by atoms with Crippen LogP contribution in [0.4, 0.5) is 0 Å². The SMILES string of the molecule is O=C(NCc1cn(-c2ccc(-n3cc(OCCN4CCCCC4)ccc3=O)cc2)nn1)C1=CCC(Cl)S1. The molecule has 9 nitrogen and oxygen atoms in total. The molecule has 1 amide bonds. The number of nitrogens with one attached hydrogen (secondary N) is 1. The second kappa shape index (κ2) is 12.0. The number of halogens is 1. The predicted octanol–water partition coefficient (Wildman–Crippen LogP) is 3.48. The highest BCUT2D eigenvalue weighted by molar-refractivity contribution is 8.05. The Balaban J connectivity index is 1.19. The van der Waals surface area contributed by atoms with E-state index in [-0.39, 0.29) is 22.7 Å². The number of thioether (sulfide) groups is 1. The summed E-state index contributed by atoms with van der Waals surface area (Å²) in [5, 5.41) is 11.2. The van der Waals surface area contributed by atoms with Gasteiger partial charge in [0.2, 0.25) is 0 Å². The lowest BCUT2D eigenvalue weighted by atomic mass is 10.1. The Morgan fingerprint density at radius 3 is 2.62 bits per heavy atom. The molecule has 1 saturated heterocycles. The van der Waals surface area contributed by atoms with E-state index in [9.17, 15) is 9.59 Å². The highest BCUT2D eigenvalue weighted by Crippen LogP contribution is 2.34. The van der Waals surface area contributed by atoms with Crippen molar-refractivity contribution in [3.63, 3.8) is 0 Å². The van der Waals surface area contributed by atoms with Crippen LogP contribution >= 0.6 is 23.4 Å². The molecule has 0 spiro atoms. The lowest BCUT2D eigenvalue weighted by Gasteiger charge is -2.26. The maximum Gasteiger partial charge on any atom is 0.257 e. The number of likely N-dealkylation sites (tertiary alicyclic amines) is 1. The van der Waals surface area contributed by atoms with Crippen LogP contribution in [0.25, 0.3) is 11.4 Å². The van der Waals surface area contributed by atoms with Crippen LogP contribution in [0.3, 0.4) is 0 Å². The number of alkyl halides is 1. The van der Waals surface area contributed by atoms with Gasteiger partial charge >= 0.3 is 0 Å². The average Bonchev–Trinajstić information content (AvgIpc) is 3.58. The Hall–Kier alpha value is -3.08. The first-order chi connectivity index (χ1) is 18.0. The van der Waals surface area contributed by atoms with Gasteiger partial charge in [0, 0.05) is 18.3 Å². The van der Waals surface area contributed by atoms with Gasteiger partial charge in [-0.25, -0.2) is 4.68 Å². The van der Waals surface area contributed by atoms with Gasteiger partial charge in [-0.15, -0.1) is 28.5 Å². The van der Waals surface area contributed by atoms with Crippen molar-refractivity contribution in [3.05, 3.63) is 75.8 Å². The third-order valence-corrected chi connectivity index (χ3v) is 7.84. The molecule has 1 fully saturated rings. The molecule has 4 heterocycles. The summed E-state index contributed by atoms with van der Waals surface area (Å²) in [4.78, 5) is 27.8. The van der Waals surface area contributed by atoms with E-state index in [1.807, 2.05) is 30.3 Å². The molecule has 2 aliphatic heterocycles. The maximum atomic E-state index is 12.5. The highest BCUT2D eigenvalue weighted by Gasteiger charge is 2.21. The van der Waals surface area contributed by atoms with Crippen LogP contribution in [0.5, 0.6) is 5.75 Å². The predicted molar refractivity (Wildman–Crippen MR) is 145 cm³/mol. The molecule has 5 rings (SSSR count). The Kier molecular flexibility index (Phi) is 8.28. The van der Waals surface area contributed by atoms with Gasteiger partial charge in [-0.2, -0.15) is 0 Å². The number of hydrogen-bond acceptors (Lipinski definition) is 7. The van der Waals surface area contributed by atoms with Crippen molar-refractivity contribution >= 4 is 29.3 Å². The number of aromatic nitrogens is 4. The van der Waals surface area contributed by atoms with Crippen molar-refractivity contribution in [1.29, 1.82) is 0 Å². The first kappa shape index (κ1) is 25.6. The molecule has 0 bridgehead atoms. The number of amides is 1. The van der Waals surface area contributed by atoms with Crippen LogP contribution < -0.4 is 15.6 Å². The fourth-order valence-corrected chi connectivity index (χ4v) is 5.56. The lowest BCUT2D eigenvalue weighted by molar-refractivity contribution is -0.117. The minimum absolute atomic E-state index is 0.0834. The largest absolute Gasteiger partial charge is 0.491 e. The first-order valence-corrected chi connectivity index (χ1v) is 13.8. The molecule has 3 aromatic rings. The third kappa shape index (κ3) is 6.63. The van der Waals surface area contributed by atoms with E-state index in [1.54, 1.807) is 27.7 Å². The van der Waals surface area contributed by atoms with Gasteiger partial charge in [0.05, 0.1) is 34.2 Å². The maximum absolute atomic E-state index is 12.5. The Morgan fingerprint density at radius 2 is 1.86 bits per heavy atom. The molecule has 11 heteroatoms. The highest BCUT2D eigenvalue weighted by atomic mass is 35.5. The van der Waals surface area contributed by atoms with Gasteiger partial charge in [0.25, 0.3) is 11.5 Å². The average molecular weight is 541 g/mol. The molecule has 2 aromatic heterocycles. The summed E-state index contributed by atoms with van der Waals surface area (Å²) in [6, 6.07) is 10.7. The molecule has 1 N–H and O–H groups in total. The number of allylic oxidation sites excluding steroid dienone is 1. The van der Waals surface area contributed by atoms with Gasteiger partial charge in [-0.05, 0) is 62.7 Å². The molecule has 194 valence electrons. The monoisotopic (exact) mass is 540 g/mol. The topological polar surface area (TPSA) is 94.3 Å². The summed E-state index contributed by atoms with van der Waals surface area (Å²) in [6.45, 7) is 4.01. The fraction of sp³-hybridized carbons (Fsp3) is 0.385. The zero-order chi connectivity index (χ0) is 25.6. The zero-order valence-corrected chi connectivity index (χ0v) is 22.0. The molecular formula is C26H29ClN6O3S. The summed E-state index contributed by atoms with van der Waals surface area (Å²) >= 11 is 7.39. The molecule has 1 atom stereocenters. The number of pyridine rings is 1. The van der Waals surface area contributed by atoms with Gasteiger partial charge in [0.1, 0.15) is 18.1 Å². The third-order valence-electron chi connectivity index (χ3n) is 6.34. The molecule has 37 heavy (non-hydrogen) atoms. The van der Waals surface area contributed by atoms with Crippen molar-refractivity contribution in [1.82, 2.24) is 29.8 Å².